The molecule has 0 saturated heterocycles. The molecule has 2 rings (SSSR count). The number of nitrogens with one attached hydrogen (secondary N) is 2. The van der Waals surface area contributed by atoms with Crippen LogP contribution in [-0.4, -0.2) is 12.2 Å². The molecule has 2 amide bonds. The van der Waals surface area contributed by atoms with Crippen molar-refractivity contribution in [1.82, 2.24) is 5.43 Å². The zero-order chi connectivity index (χ0) is 17.5. The van der Waals surface area contributed by atoms with E-state index in [1.807, 2.05) is 32.0 Å². The highest BCUT2D eigenvalue weighted by atomic mass is 127. The predicted molar refractivity (Wildman–Crippen MR) is 104 cm³/mol. The number of para-hydroxylation sites is 1. The lowest BCUT2D eigenvalue weighted by atomic mass is 10.1. The lowest BCUT2D eigenvalue weighted by Gasteiger charge is -2.10. The Morgan fingerprint density at radius 3 is 2.58 bits per heavy atom. The Hall–Kier alpha value is -2.58. The molecule has 0 aliphatic rings. The number of hydrogen-bond acceptors (Lipinski definition) is 3. The molecule has 0 spiro atoms. The first kappa shape index (κ1) is 17.8. The normalized spacial score (nSPS) is 10.3. The molecule has 0 unspecified atom stereocenters. The fourth-order valence-electron chi connectivity index (χ4n) is 2.05. The van der Waals surface area contributed by atoms with Crippen molar-refractivity contribution in [2.45, 2.75) is 13.8 Å². The summed E-state index contributed by atoms with van der Waals surface area (Å²) in [5.41, 5.74) is 14.9. The SMILES string of the molecule is Cc1cccc(C)c1NC(=O)N/N=C/c1ccc(N=[N+]=[N-])cc1I. The number of halogens is 1. The number of carbonyl (C=O) groups excluding carboxylic acids is 1. The Bertz CT molecular complexity index is 822. The molecule has 7 nitrogen and oxygen atoms in total. The second kappa shape index (κ2) is 8.32. The van der Waals surface area contributed by atoms with Crippen LogP contribution in [0.2, 0.25) is 0 Å². The highest BCUT2D eigenvalue weighted by molar-refractivity contribution is 14.1. The zero-order valence-electron chi connectivity index (χ0n) is 13.1. The fraction of sp³-hybridized carbons (Fsp3) is 0.125. The highest BCUT2D eigenvalue weighted by Gasteiger charge is 2.06. The number of carbonyl (C=O) groups is 1. The monoisotopic (exact) mass is 434 g/mol. The Morgan fingerprint density at radius 1 is 1.25 bits per heavy atom. The van der Waals surface area contributed by atoms with E-state index >= 15 is 0 Å². The summed E-state index contributed by atoms with van der Waals surface area (Å²) >= 11 is 2.11. The van der Waals surface area contributed by atoms with Crippen LogP contribution in [0.4, 0.5) is 16.2 Å². The summed E-state index contributed by atoms with van der Waals surface area (Å²) < 4.78 is 0.859. The molecule has 0 atom stereocenters. The van der Waals surface area contributed by atoms with Crippen LogP contribution in [0.1, 0.15) is 16.7 Å². The Morgan fingerprint density at radius 2 is 1.96 bits per heavy atom. The largest absolute Gasteiger partial charge is 0.339 e. The standard InChI is InChI=1S/C16H15IN6O/c1-10-4-3-5-11(2)15(10)20-16(24)22-19-9-12-6-7-13(21-23-18)8-14(12)17/h3-9H,1-2H3,(H2,20,22,24)/b19-9+. The third-order valence-corrected chi connectivity index (χ3v) is 4.17. The lowest BCUT2D eigenvalue weighted by molar-refractivity contribution is 0.252. The number of azide groups is 1. The maximum atomic E-state index is 11.9. The summed E-state index contributed by atoms with van der Waals surface area (Å²) in [4.78, 5) is 14.7. The molecule has 0 heterocycles. The topological polar surface area (TPSA) is 102 Å². The van der Waals surface area contributed by atoms with Gasteiger partial charge in [-0.2, -0.15) is 5.10 Å². The number of amides is 2. The minimum Gasteiger partial charge on any atom is -0.306 e. The van der Waals surface area contributed by atoms with Crippen LogP contribution >= 0.6 is 22.6 Å². The molecule has 24 heavy (non-hydrogen) atoms. The fourth-order valence-corrected chi connectivity index (χ4v) is 2.69. The van der Waals surface area contributed by atoms with Crippen molar-refractivity contribution >= 4 is 46.2 Å². The van der Waals surface area contributed by atoms with Gasteiger partial charge in [0.05, 0.1) is 6.21 Å². The van der Waals surface area contributed by atoms with Crippen molar-refractivity contribution in [3.05, 3.63) is 67.1 Å². The Balaban J connectivity index is 2.01. The van der Waals surface area contributed by atoms with Crippen LogP contribution in [0.5, 0.6) is 0 Å². The first-order chi connectivity index (χ1) is 11.5. The summed E-state index contributed by atoms with van der Waals surface area (Å²) in [6.07, 6.45) is 1.53. The maximum Gasteiger partial charge on any atom is 0.339 e. The van der Waals surface area contributed by atoms with Crippen molar-refractivity contribution in [3.63, 3.8) is 0 Å². The van der Waals surface area contributed by atoms with E-state index in [9.17, 15) is 4.79 Å². The van der Waals surface area contributed by atoms with Gasteiger partial charge in [0.25, 0.3) is 0 Å². The molecule has 0 fully saturated rings. The molecule has 0 aliphatic carbocycles. The average Bonchev–Trinajstić information content (AvgIpc) is 2.53. The van der Waals surface area contributed by atoms with Gasteiger partial charge < -0.3 is 5.32 Å². The molecule has 0 aliphatic heterocycles. The van der Waals surface area contributed by atoms with Crippen molar-refractivity contribution in [2.75, 3.05) is 5.32 Å². The quantitative estimate of drug-likeness (QED) is 0.174. The maximum absolute atomic E-state index is 11.9. The number of anilines is 1. The van der Waals surface area contributed by atoms with E-state index in [0.717, 1.165) is 25.9 Å². The van der Waals surface area contributed by atoms with E-state index < -0.39 is 6.03 Å². The van der Waals surface area contributed by atoms with Crippen molar-refractivity contribution in [3.8, 4) is 0 Å². The van der Waals surface area contributed by atoms with Crippen LogP contribution in [0.25, 0.3) is 10.4 Å². The van der Waals surface area contributed by atoms with Crippen LogP contribution in [-0.2, 0) is 0 Å². The highest BCUT2D eigenvalue weighted by Crippen LogP contribution is 2.20. The predicted octanol–water partition coefficient (Wildman–Crippen LogP) is 5.01. The molecular weight excluding hydrogens is 419 g/mol. The molecule has 0 saturated carbocycles. The molecule has 0 bridgehead atoms. The van der Waals surface area contributed by atoms with Gasteiger partial charge in [-0.1, -0.05) is 35.4 Å². The third kappa shape index (κ3) is 4.71. The molecule has 0 aromatic heterocycles. The van der Waals surface area contributed by atoms with Gasteiger partial charge in [-0.05, 0) is 59.2 Å². The van der Waals surface area contributed by atoms with E-state index in [1.165, 1.54) is 6.21 Å². The van der Waals surface area contributed by atoms with E-state index in [0.29, 0.717) is 5.69 Å². The molecule has 2 aromatic carbocycles. The average molecular weight is 434 g/mol. The van der Waals surface area contributed by atoms with Crippen LogP contribution < -0.4 is 10.7 Å². The zero-order valence-corrected chi connectivity index (χ0v) is 15.3. The second-order valence-electron chi connectivity index (χ2n) is 4.99. The minimum absolute atomic E-state index is 0.413. The van der Waals surface area contributed by atoms with Gasteiger partial charge in [0.2, 0.25) is 0 Å². The lowest BCUT2D eigenvalue weighted by Crippen LogP contribution is -2.25. The minimum atomic E-state index is -0.413. The number of aryl methyl sites for hydroxylation is 2. The van der Waals surface area contributed by atoms with Gasteiger partial charge in [0.1, 0.15) is 0 Å². The number of benzene rings is 2. The van der Waals surface area contributed by atoms with Crippen molar-refractivity contribution in [2.24, 2.45) is 10.2 Å². The Labute approximate surface area is 152 Å². The number of nitrogens with zero attached hydrogens (tertiary/aromatic N) is 4. The van der Waals surface area contributed by atoms with Crippen molar-refractivity contribution < 1.29 is 4.79 Å². The third-order valence-electron chi connectivity index (χ3n) is 3.23. The van der Waals surface area contributed by atoms with Gasteiger partial charge in [-0.25, -0.2) is 10.2 Å². The summed E-state index contributed by atoms with van der Waals surface area (Å²) in [5, 5.41) is 10.3. The smallest absolute Gasteiger partial charge is 0.306 e. The van der Waals surface area contributed by atoms with E-state index in [-0.39, 0.29) is 0 Å². The van der Waals surface area contributed by atoms with Gasteiger partial charge >= 0.3 is 6.03 Å². The van der Waals surface area contributed by atoms with Gasteiger partial charge in [0.15, 0.2) is 0 Å². The van der Waals surface area contributed by atoms with Crippen LogP contribution in [0, 0.1) is 17.4 Å². The summed E-state index contributed by atoms with van der Waals surface area (Å²) in [7, 11) is 0. The number of hydrazone groups is 1. The van der Waals surface area contributed by atoms with Gasteiger partial charge in [-0.3, -0.25) is 0 Å². The van der Waals surface area contributed by atoms with E-state index in [2.05, 4.69) is 48.5 Å². The molecule has 0 radical (unpaired) electrons. The van der Waals surface area contributed by atoms with E-state index in [1.54, 1.807) is 18.2 Å². The van der Waals surface area contributed by atoms with Crippen LogP contribution in [0.3, 0.4) is 0 Å². The summed E-state index contributed by atoms with van der Waals surface area (Å²) in [5.74, 6) is 0. The Kier molecular flexibility index (Phi) is 6.16. The summed E-state index contributed by atoms with van der Waals surface area (Å²) in [6, 6.07) is 10.6. The summed E-state index contributed by atoms with van der Waals surface area (Å²) in [6.45, 7) is 3.86. The first-order valence-corrected chi connectivity index (χ1v) is 8.10. The molecule has 8 heteroatoms. The number of urea groups is 1. The van der Waals surface area contributed by atoms with Crippen LogP contribution in [0.15, 0.2) is 46.6 Å². The van der Waals surface area contributed by atoms with Gasteiger partial charge in [-0.15, -0.1) is 0 Å². The van der Waals surface area contributed by atoms with E-state index in [4.69, 9.17) is 5.53 Å². The van der Waals surface area contributed by atoms with Crippen molar-refractivity contribution in [1.29, 1.82) is 0 Å². The molecule has 2 N–H and O–H groups in total. The first-order valence-electron chi connectivity index (χ1n) is 7.02. The number of hydrogen-bond donors (Lipinski definition) is 2. The molecule has 2 aromatic rings. The van der Waals surface area contributed by atoms with Gasteiger partial charge in [0, 0.05) is 25.4 Å². The molecule has 122 valence electrons. The molecular formula is C16H15IN6O. The number of rotatable bonds is 4. The second-order valence-corrected chi connectivity index (χ2v) is 6.15.